The van der Waals surface area contributed by atoms with Gasteiger partial charge in [-0.1, -0.05) is 0 Å². The quantitative estimate of drug-likeness (QED) is 0.533. The van der Waals surface area contributed by atoms with E-state index >= 15 is 0 Å². The van der Waals surface area contributed by atoms with E-state index in [1.165, 1.54) is 22.8 Å². The number of nitrogens with one attached hydrogen (secondary N) is 1. The van der Waals surface area contributed by atoms with E-state index in [1.807, 2.05) is 10.8 Å². The van der Waals surface area contributed by atoms with E-state index in [-0.39, 0.29) is 23.5 Å². The van der Waals surface area contributed by atoms with Crippen molar-refractivity contribution in [1.29, 1.82) is 0 Å². The lowest BCUT2D eigenvalue weighted by Crippen LogP contribution is -2.28. The fourth-order valence-electron chi connectivity index (χ4n) is 4.71. The predicted molar refractivity (Wildman–Crippen MR) is 122 cm³/mol. The van der Waals surface area contributed by atoms with Gasteiger partial charge in [0.2, 0.25) is 0 Å². The second-order valence-corrected chi connectivity index (χ2v) is 9.08. The van der Waals surface area contributed by atoms with Crippen molar-refractivity contribution in [3.8, 4) is 5.75 Å². The molecule has 11 heteroatoms. The van der Waals surface area contributed by atoms with E-state index in [9.17, 15) is 17.9 Å². The highest BCUT2D eigenvalue weighted by Crippen LogP contribution is 2.41. The third-order valence-corrected chi connectivity index (χ3v) is 6.66. The minimum atomic E-state index is -2.72. The molecule has 1 aromatic carbocycles. The van der Waals surface area contributed by atoms with Gasteiger partial charge in [0.05, 0.1) is 36.5 Å². The van der Waals surface area contributed by atoms with E-state index in [0.717, 1.165) is 43.5 Å². The number of fused-ring (bicyclic) bond motifs is 1. The van der Waals surface area contributed by atoms with Crippen molar-refractivity contribution in [3.63, 3.8) is 0 Å². The SMILES string of the molecule is O=C(NS(=O)[O-])c1cnn2ccc(N3CCC[C@@H]3c3cc(F)ccc3OC3CCOCC3)cc12. The number of amides is 1. The Hall–Kier alpha value is -3.02. The molecular weight excluding hydrogens is 463 g/mol. The lowest BCUT2D eigenvalue weighted by Gasteiger charge is -2.30. The largest absolute Gasteiger partial charge is 0.755 e. The molecule has 0 saturated carbocycles. The highest BCUT2D eigenvalue weighted by molar-refractivity contribution is 7.77. The minimum Gasteiger partial charge on any atom is -0.755 e. The second kappa shape index (κ2) is 9.69. The summed E-state index contributed by atoms with van der Waals surface area (Å²) >= 11 is -2.72. The van der Waals surface area contributed by atoms with Crippen LogP contribution in [0.4, 0.5) is 10.1 Å². The molecule has 2 aromatic heterocycles. The van der Waals surface area contributed by atoms with Gasteiger partial charge in [0, 0.05) is 48.1 Å². The fraction of sp³-hybridized carbons (Fsp3) is 0.391. The number of aromatic nitrogens is 2. The molecule has 0 aliphatic carbocycles. The summed E-state index contributed by atoms with van der Waals surface area (Å²) in [6.45, 7) is 2.05. The molecule has 34 heavy (non-hydrogen) atoms. The molecule has 3 aromatic rings. The molecule has 2 saturated heterocycles. The van der Waals surface area contributed by atoms with Gasteiger partial charge in [-0.15, -0.1) is 0 Å². The summed E-state index contributed by atoms with van der Waals surface area (Å²) in [4.78, 5) is 14.4. The number of benzene rings is 1. The van der Waals surface area contributed by atoms with Crippen LogP contribution in [0.15, 0.2) is 42.7 Å². The average Bonchev–Trinajstić information content (AvgIpc) is 3.47. The molecule has 1 amide bonds. The van der Waals surface area contributed by atoms with Crippen LogP contribution in [0.25, 0.3) is 5.52 Å². The number of rotatable bonds is 6. The Morgan fingerprint density at radius 3 is 2.85 bits per heavy atom. The van der Waals surface area contributed by atoms with Gasteiger partial charge in [0.1, 0.15) is 17.7 Å². The Bertz CT molecular complexity index is 1230. The first-order valence-electron chi connectivity index (χ1n) is 11.2. The molecule has 1 unspecified atom stereocenters. The average molecular weight is 488 g/mol. The molecule has 9 nitrogen and oxygen atoms in total. The van der Waals surface area contributed by atoms with Crippen LogP contribution in [0.2, 0.25) is 0 Å². The fourth-order valence-corrected chi connectivity index (χ4v) is 4.97. The van der Waals surface area contributed by atoms with Gasteiger partial charge in [-0.2, -0.15) is 5.10 Å². The number of nitrogens with zero attached hydrogens (tertiary/aromatic N) is 3. The molecule has 2 aliphatic heterocycles. The normalized spacial score (nSPS) is 19.9. The number of ether oxygens (including phenoxy) is 2. The molecular formula is C23H24FN4O5S-. The van der Waals surface area contributed by atoms with Crippen molar-refractivity contribution < 1.29 is 27.4 Å². The van der Waals surface area contributed by atoms with Gasteiger partial charge < -0.3 is 18.9 Å². The van der Waals surface area contributed by atoms with E-state index in [0.29, 0.717) is 24.5 Å². The number of carbonyl (C=O) groups excluding carboxylic acids is 1. The highest BCUT2D eigenvalue weighted by atomic mass is 32.2. The second-order valence-electron chi connectivity index (χ2n) is 8.40. The standard InChI is InChI=1S/C23H25FN4O5S/c24-15-3-4-22(33-17-6-10-32-11-7-17)18(12-15)20-2-1-8-27(20)16-5-9-28-21(13-16)19(14-25-28)23(29)26-34(30)31/h3-5,9,12-14,17,20H,1-2,6-8,10-11H2,(H,26,29)(H,30,31)/p-1/t20-/m1/s1. The number of carbonyl (C=O) groups is 1. The van der Waals surface area contributed by atoms with Crippen LogP contribution in [-0.4, -0.2) is 50.1 Å². The Morgan fingerprint density at radius 1 is 1.24 bits per heavy atom. The number of anilines is 1. The molecule has 5 rings (SSSR count). The van der Waals surface area contributed by atoms with Crippen LogP contribution in [0, 0.1) is 5.82 Å². The first kappa shape index (κ1) is 22.8. The molecule has 2 aliphatic rings. The van der Waals surface area contributed by atoms with Crippen LogP contribution in [-0.2, 0) is 16.0 Å². The lowest BCUT2D eigenvalue weighted by atomic mass is 10.0. The predicted octanol–water partition coefficient (Wildman–Crippen LogP) is 2.90. The number of pyridine rings is 1. The lowest BCUT2D eigenvalue weighted by molar-refractivity contribution is 0.0250. The summed E-state index contributed by atoms with van der Waals surface area (Å²) in [7, 11) is 0. The van der Waals surface area contributed by atoms with Crippen LogP contribution in [0.1, 0.15) is 47.6 Å². The molecule has 1 N–H and O–H groups in total. The summed E-state index contributed by atoms with van der Waals surface area (Å²) in [5, 5.41) is 4.14. The number of halogens is 1. The van der Waals surface area contributed by atoms with Crippen molar-refractivity contribution in [2.75, 3.05) is 24.7 Å². The smallest absolute Gasteiger partial charge is 0.265 e. The Kier molecular flexibility index (Phi) is 6.48. The van der Waals surface area contributed by atoms with E-state index in [2.05, 4.69) is 10.00 Å². The summed E-state index contributed by atoms with van der Waals surface area (Å²) in [5.41, 5.74) is 2.24. The van der Waals surface area contributed by atoms with Crippen molar-refractivity contribution in [2.24, 2.45) is 0 Å². The summed E-state index contributed by atoms with van der Waals surface area (Å²) in [6.07, 6.45) is 6.39. The van der Waals surface area contributed by atoms with Crippen LogP contribution < -0.4 is 14.4 Å². The highest BCUT2D eigenvalue weighted by Gasteiger charge is 2.30. The molecule has 0 bridgehead atoms. The zero-order chi connectivity index (χ0) is 23.7. The summed E-state index contributed by atoms with van der Waals surface area (Å²) in [6, 6.07) is 8.22. The molecule has 0 radical (unpaired) electrons. The third-order valence-electron chi connectivity index (χ3n) is 6.30. The van der Waals surface area contributed by atoms with E-state index in [4.69, 9.17) is 9.47 Å². The van der Waals surface area contributed by atoms with Crippen LogP contribution >= 0.6 is 0 Å². The van der Waals surface area contributed by atoms with Gasteiger partial charge in [-0.3, -0.25) is 13.7 Å². The Balaban J connectivity index is 1.47. The maximum Gasteiger partial charge on any atom is 0.265 e. The number of hydrogen-bond acceptors (Lipinski definition) is 7. The molecule has 4 heterocycles. The Morgan fingerprint density at radius 2 is 2.06 bits per heavy atom. The van der Waals surface area contributed by atoms with Crippen molar-refractivity contribution in [2.45, 2.75) is 37.8 Å². The minimum absolute atomic E-state index is 0.0311. The molecule has 0 spiro atoms. The van der Waals surface area contributed by atoms with E-state index < -0.39 is 17.2 Å². The number of hydrogen-bond donors (Lipinski definition) is 1. The van der Waals surface area contributed by atoms with Gasteiger partial charge in [-0.05, 0) is 43.2 Å². The molecule has 180 valence electrons. The molecule has 2 atom stereocenters. The first-order chi connectivity index (χ1) is 16.5. The van der Waals surface area contributed by atoms with Gasteiger partial charge in [0.15, 0.2) is 0 Å². The van der Waals surface area contributed by atoms with Crippen molar-refractivity contribution >= 4 is 28.4 Å². The van der Waals surface area contributed by atoms with Crippen LogP contribution in [0.3, 0.4) is 0 Å². The van der Waals surface area contributed by atoms with Gasteiger partial charge >= 0.3 is 0 Å². The van der Waals surface area contributed by atoms with E-state index in [1.54, 1.807) is 18.3 Å². The summed E-state index contributed by atoms with van der Waals surface area (Å²) in [5.74, 6) is -0.402. The molecule has 2 fully saturated rings. The topological polar surface area (TPSA) is 108 Å². The van der Waals surface area contributed by atoms with Gasteiger partial charge in [-0.25, -0.2) is 8.91 Å². The first-order valence-corrected chi connectivity index (χ1v) is 12.3. The summed E-state index contributed by atoms with van der Waals surface area (Å²) < 4.78 is 51.2. The van der Waals surface area contributed by atoms with Gasteiger partial charge in [0.25, 0.3) is 5.91 Å². The maximum atomic E-state index is 14.3. The van der Waals surface area contributed by atoms with Crippen LogP contribution in [0.5, 0.6) is 5.75 Å². The zero-order valence-electron chi connectivity index (χ0n) is 18.3. The van der Waals surface area contributed by atoms with Crippen molar-refractivity contribution in [3.05, 3.63) is 59.7 Å². The monoisotopic (exact) mass is 487 g/mol. The maximum absolute atomic E-state index is 14.3. The van der Waals surface area contributed by atoms with Crippen molar-refractivity contribution in [1.82, 2.24) is 14.3 Å². The Labute approximate surface area is 198 Å². The third kappa shape index (κ3) is 4.63. The zero-order valence-corrected chi connectivity index (χ0v) is 19.1.